The third-order valence-corrected chi connectivity index (χ3v) is 4.94. The van der Waals surface area contributed by atoms with E-state index in [1.165, 1.54) is 11.3 Å². The molecule has 0 aliphatic carbocycles. The Hall–Kier alpha value is -2.04. The number of anilines is 1. The van der Waals surface area contributed by atoms with Gasteiger partial charge in [-0.15, -0.1) is 0 Å². The van der Waals surface area contributed by atoms with Crippen LogP contribution in [0.15, 0.2) is 24.3 Å². The Morgan fingerprint density at radius 1 is 1.12 bits per heavy atom. The number of hydrogen-bond acceptors (Lipinski definition) is 3. The third kappa shape index (κ3) is 3.40. The number of para-hydroxylation sites is 1. The summed E-state index contributed by atoms with van der Waals surface area (Å²) in [6.07, 6.45) is 1.10. The van der Waals surface area contributed by atoms with Crippen molar-refractivity contribution in [3.8, 4) is 0 Å². The van der Waals surface area contributed by atoms with Gasteiger partial charge in [-0.3, -0.25) is 9.59 Å². The highest BCUT2D eigenvalue weighted by atomic mass is 16.2. The van der Waals surface area contributed by atoms with Gasteiger partial charge in [-0.25, -0.2) is 0 Å². The maximum atomic E-state index is 12.5. The summed E-state index contributed by atoms with van der Waals surface area (Å²) in [4.78, 5) is 28.1. The monoisotopic (exact) mass is 329 g/mol. The maximum Gasteiger partial charge on any atom is 0.245 e. The fourth-order valence-electron chi connectivity index (χ4n) is 3.57. The summed E-state index contributed by atoms with van der Waals surface area (Å²) in [5, 5.41) is 2.78. The maximum absolute atomic E-state index is 12.5. The van der Waals surface area contributed by atoms with Crippen LogP contribution in [0.2, 0.25) is 0 Å². The summed E-state index contributed by atoms with van der Waals surface area (Å²) in [5.74, 6) is 0.0655. The molecule has 0 spiro atoms. The minimum Gasteiger partial charge on any atom is -0.368 e. The molecule has 24 heavy (non-hydrogen) atoms. The second kappa shape index (κ2) is 6.46. The number of nitrogens with zero attached hydrogens (tertiary/aromatic N) is 2. The van der Waals surface area contributed by atoms with Gasteiger partial charge in [-0.2, -0.15) is 0 Å². The number of carbonyl (C=O) groups excluding carboxylic acids is 2. The van der Waals surface area contributed by atoms with Crippen LogP contribution in [0, 0.1) is 0 Å². The van der Waals surface area contributed by atoms with Gasteiger partial charge >= 0.3 is 0 Å². The van der Waals surface area contributed by atoms with Crippen molar-refractivity contribution in [3.05, 3.63) is 29.8 Å². The molecule has 0 unspecified atom stereocenters. The smallest absolute Gasteiger partial charge is 0.245 e. The summed E-state index contributed by atoms with van der Waals surface area (Å²) in [6, 6.07) is 8.23. The van der Waals surface area contributed by atoms with E-state index in [1.54, 1.807) is 0 Å². The van der Waals surface area contributed by atoms with E-state index in [1.807, 2.05) is 4.90 Å². The lowest BCUT2D eigenvalue weighted by atomic mass is 9.85. The topological polar surface area (TPSA) is 52.7 Å². The van der Waals surface area contributed by atoms with Crippen LogP contribution in [0.1, 0.15) is 39.2 Å². The summed E-state index contributed by atoms with van der Waals surface area (Å²) in [7, 11) is 0. The first-order chi connectivity index (χ1) is 11.4. The van der Waals surface area contributed by atoms with Crippen molar-refractivity contribution in [2.45, 2.75) is 45.1 Å². The van der Waals surface area contributed by atoms with Gasteiger partial charge in [0.25, 0.3) is 0 Å². The fourth-order valence-corrected chi connectivity index (χ4v) is 3.57. The zero-order valence-corrected chi connectivity index (χ0v) is 14.8. The fraction of sp³-hybridized carbons (Fsp3) is 0.579. The zero-order chi connectivity index (χ0) is 17.3. The first-order valence-corrected chi connectivity index (χ1v) is 8.79. The molecule has 2 aliphatic heterocycles. The van der Waals surface area contributed by atoms with Gasteiger partial charge < -0.3 is 15.1 Å². The normalized spacial score (nSPS) is 21.8. The van der Waals surface area contributed by atoms with E-state index in [0.717, 1.165) is 13.1 Å². The average Bonchev–Trinajstić information content (AvgIpc) is 3.00. The number of benzene rings is 1. The molecule has 130 valence electrons. The molecular weight excluding hydrogens is 302 g/mol. The Kier molecular flexibility index (Phi) is 4.52. The molecule has 1 atom stereocenters. The molecule has 2 fully saturated rings. The molecular formula is C19H27N3O2. The van der Waals surface area contributed by atoms with E-state index in [2.05, 4.69) is 55.3 Å². The van der Waals surface area contributed by atoms with Gasteiger partial charge in [0.15, 0.2) is 0 Å². The van der Waals surface area contributed by atoms with Crippen molar-refractivity contribution in [1.29, 1.82) is 0 Å². The first kappa shape index (κ1) is 16.8. The minimum atomic E-state index is -0.314. The van der Waals surface area contributed by atoms with E-state index in [9.17, 15) is 9.59 Å². The molecule has 2 heterocycles. The summed E-state index contributed by atoms with van der Waals surface area (Å²) < 4.78 is 0. The Morgan fingerprint density at radius 2 is 1.79 bits per heavy atom. The molecule has 2 saturated heterocycles. The molecule has 0 radical (unpaired) electrons. The van der Waals surface area contributed by atoms with Crippen molar-refractivity contribution in [2.24, 2.45) is 0 Å². The third-order valence-electron chi connectivity index (χ3n) is 4.94. The van der Waals surface area contributed by atoms with Crippen LogP contribution in [0.25, 0.3) is 0 Å². The molecule has 1 aromatic carbocycles. The van der Waals surface area contributed by atoms with Crippen molar-refractivity contribution in [3.63, 3.8) is 0 Å². The Labute approximate surface area is 144 Å². The van der Waals surface area contributed by atoms with Gasteiger partial charge in [0, 0.05) is 38.3 Å². The number of piperazine rings is 1. The van der Waals surface area contributed by atoms with Crippen LogP contribution in [0.3, 0.4) is 0 Å². The summed E-state index contributed by atoms with van der Waals surface area (Å²) >= 11 is 0. The molecule has 5 heteroatoms. The van der Waals surface area contributed by atoms with Crippen molar-refractivity contribution < 1.29 is 9.59 Å². The van der Waals surface area contributed by atoms with Crippen LogP contribution in [-0.2, 0) is 15.0 Å². The Balaban J connectivity index is 1.66. The molecule has 2 aliphatic rings. The van der Waals surface area contributed by atoms with Crippen LogP contribution in [0.5, 0.6) is 0 Å². The van der Waals surface area contributed by atoms with Gasteiger partial charge in [0.2, 0.25) is 11.8 Å². The van der Waals surface area contributed by atoms with Gasteiger partial charge in [0.05, 0.1) is 0 Å². The standard InChI is InChI=1S/C19H27N3O2/c1-19(2,3)14-6-4-5-7-16(14)21-10-12-22(13-11-21)18(24)15-8-9-17(23)20-15/h4-7,15H,8-13H2,1-3H3,(H,20,23)/t15-/m1/s1. The lowest BCUT2D eigenvalue weighted by molar-refractivity contribution is -0.134. The number of rotatable bonds is 2. The number of carbonyl (C=O) groups is 2. The lowest BCUT2D eigenvalue weighted by Crippen LogP contribution is -2.53. The van der Waals surface area contributed by atoms with Gasteiger partial charge in [0.1, 0.15) is 6.04 Å². The van der Waals surface area contributed by atoms with E-state index in [-0.39, 0.29) is 23.3 Å². The lowest BCUT2D eigenvalue weighted by Gasteiger charge is -2.39. The van der Waals surface area contributed by atoms with Crippen LogP contribution >= 0.6 is 0 Å². The highest BCUT2D eigenvalue weighted by molar-refractivity contribution is 5.91. The van der Waals surface area contributed by atoms with Gasteiger partial charge in [-0.05, 0) is 23.5 Å². The van der Waals surface area contributed by atoms with Crippen molar-refractivity contribution in [2.75, 3.05) is 31.1 Å². The molecule has 2 amide bonds. The Bertz CT molecular complexity index is 628. The molecule has 5 nitrogen and oxygen atoms in total. The van der Waals surface area contributed by atoms with E-state index in [0.29, 0.717) is 25.9 Å². The first-order valence-electron chi connectivity index (χ1n) is 8.79. The molecule has 3 rings (SSSR count). The minimum absolute atomic E-state index is 0.00825. The molecule has 1 N–H and O–H groups in total. The average molecular weight is 329 g/mol. The quantitative estimate of drug-likeness (QED) is 0.902. The van der Waals surface area contributed by atoms with Crippen LogP contribution < -0.4 is 10.2 Å². The molecule has 0 saturated carbocycles. The summed E-state index contributed by atoms with van der Waals surface area (Å²) in [6.45, 7) is 9.78. The second-order valence-electron chi connectivity index (χ2n) is 7.74. The highest BCUT2D eigenvalue weighted by Gasteiger charge is 2.32. The van der Waals surface area contributed by atoms with E-state index < -0.39 is 0 Å². The van der Waals surface area contributed by atoms with Crippen LogP contribution in [-0.4, -0.2) is 48.9 Å². The molecule has 0 bridgehead atoms. The predicted octanol–water partition coefficient (Wildman–Crippen LogP) is 1.91. The highest BCUT2D eigenvalue weighted by Crippen LogP contribution is 2.32. The van der Waals surface area contributed by atoms with Crippen LogP contribution in [0.4, 0.5) is 5.69 Å². The Morgan fingerprint density at radius 3 is 2.38 bits per heavy atom. The van der Waals surface area contributed by atoms with Gasteiger partial charge in [-0.1, -0.05) is 39.0 Å². The largest absolute Gasteiger partial charge is 0.368 e. The molecule has 1 aromatic rings. The van der Waals surface area contributed by atoms with Crippen molar-refractivity contribution in [1.82, 2.24) is 10.2 Å². The van der Waals surface area contributed by atoms with E-state index in [4.69, 9.17) is 0 Å². The predicted molar refractivity (Wildman–Crippen MR) is 95.1 cm³/mol. The summed E-state index contributed by atoms with van der Waals surface area (Å²) in [5.41, 5.74) is 2.71. The number of amides is 2. The SMILES string of the molecule is CC(C)(C)c1ccccc1N1CCN(C(=O)[C@H]2CCC(=O)N2)CC1. The number of hydrogen-bond donors (Lipinski definition) is 1. The van der Waals surface area contributed by atoms with E-state index >= 15 is 0 Å². The molecule has 0 aromatic heterocycles. The second-order valence-corrected chi connectivity index (χ2v) is 7.74. The number of nitrogens with one attached hydrogen (secondary N) is 1. The zero-order valence-electron chi connectivity index (χ0n) is 14.8. The van der Waals surface area contributed by atoms with Crippen molar-refractivity contribution >= 4 is 17.5 Å².